The predicted octanol–water partition coefficient (Wildman–Crippen LogP) is 3.95. The number of anilines is 1. The molecule has 8 heteroatoms. The highest BCUT2D eigenvalue weighted by atomic mass is 19.1. The Hall–Kier alpha value is -3.94. The number of aromatic amines is 1. The lowest BCUT2D eigenvalue weighted by Gasteiger charge is -2.36. The summed E-state index contributed by atoms with van der Waals surface area (Å²) >= 11 is 0. The monoisotopic (exact) mass is 448 g/mol. The van der Waals surface area contributed by atoms with Crippen molar-refractivity contribution in [2.75, 3.05) is 25.5 Å². The first kappa shape index (κ1) is 22.3. The van der Waals surface area contributed by atoms with E-state index in [9.17, 15) is 18.8 Å². The summed E-state index contributed by atoms with van der Waals surface area (Å²) < 4.78 is 13.4. The number of carbonyl (C=O) groups excluding carboxylic acids is 2. The van der Waals surface area contributed by atoms with Crippen molar-refractivity contribution in [2.24, 2.45) is 0 Å². The second-order valence-electron chi connectivity index (χ2n) is 8.07. The second kappa shape index (κ2) is 9.68. The van der Waals surface area contributed by atoms with Crippen LogP contribution in [0, 0.1) is 5.82 Å². The molecule has 33 heavy (non-hydrogen) atoms. The summed E-state index contributed by atoms with van der Waals surface area (Å²) in [5, 5.41) is 2.88. The van der Waals surface area contributed by atoms with Gasteiger partial charge in [-0.2, -0.15) is 0 Å². The van der Waals surface area contributed by atoms with Crippen LogP contribution in [0.25, 0.3) is 11.1 Å². The molecule has 3 amide bonds. The maximum Gasteiger partial charge on any atom is 0.321 e. The summed E-state index contributed by atoms with van der Waals surface area (Å²) in [5.41, 5.74) is 2.00. The zero-order valence-corrected chi connectivity index (χ0v) is 18.3. The van der Waals surface area contributed by atoms with Gasteiger partial charge in [0.15, 0.2) is 0 Å². The van der Waals surface area contributed by atoms with Crippen molar-refractivity contribution in [3.63, 3.8) is 0 Å². The molecule has 1 aliphatic rings. The number of piperidine rings is 1. The number of likely N-dealkylation sites (tertiary alicyclic amines) is 1. The number of benzene rings is 2. The molecular weight excluding hydrogens is 423 g/mol. The molecular formula is C25H25FN4O3. The van der Waals surface area contributed by atoms with Gasteiger partial charge in [0.25, 0.3) is 11.5 Å². The Morgan fingerprint density at radius 2 is 1.76 bits per heavy atom. The second-order valence-corrected chi connectivity index (χ2v) is 8.07. The van der Waals surface area contributed by atoms with Gasteiger partial charge in [-0.25, -0.2) is 9.18 Å². The summed E-state index contributed by atoms with van der Waals surface area (Å²) in [6.07, 6.45) is 2.74. The summed E-state index contributed by atoms with van der Waals surface area (Å²) in [5.74, 6) is -0.587. The van der Waals surface area contributed by atoms with E-state index < -0.39 is 5.56 Å². The lowest BCUT2D eigenvalue weighted by molar-refractivity contribution is 0.0669. The van der Waals surface area contributed by atoms with E-state index in [2.05, 4.69) is 10.3 Å². The molecule has 170 valence electrons. The minimum atomic E-state index is -0.399. The van der Waals surface area contributed by atoms with Gasteiger partial charge in [-0.15, -0.1) is 0 Å². The highest BCUT2D eigenvalue weighted by Crippen LogP contribution is 2.23. The van der Waals surface area contributed by atoms with Gasteiger partial charge in [-0.05, 0) is 60.4 Å². The predicted molar refractivity (Wildman–Crippen MR) is 125 cm³/mol. The molecule has 2 heterocycles. The topological polar surface area (TPSA) is 85.5 Å². The SMILES string of the molecule is CN(C(=O)Nc1ccc(-c2cccc(F)c2)cc1)C1CCN(C(=O)c2ccc[nH]c2=O)CC1. The van der Waals surface area contributed by atoms with Crippen LogP contribution in [0.3, 0.4) is 0 Å². The van der Waals surface area contributed by atoms with Crippen LogP contribution in [0.15, 0.2) is 71.7 Å². The molecule has 1 aliphatic heterocycles. The number of carbonyl (C=O) groups is 2. The van der Waals surface area contributed by atoms with E-state index in [1.54, 1.807) is 41.1 Å². The molecule has 1 saturated heterocycles. The number of H-pyrrole nitrogens is 1. The van der Waals surface area contributed by atoms with E-state index in [4.69, 9.17) is 0 Å². The third kappa shape index (κ3) is 5.11. The number of aromatic nitrogens is 1. The van der Waals surface area contributed by atoms with Gasteiger partial charge in [0.1, 0.15) is 11.4 Å². The number of urea groups is 1. The summed E-state index contributed by atoms with van der Waals surface area (Å²) in [6, 6.07) is 16.5. The van der Waals surface area contributed by atoms with Crippen molar-refractivity contribution in [3.05, 3.63) is 88.6 Å². The van der Waals surface area contributed by atoms with Crippen molar-refractivity contribution < 1.29 is 14.0 Å². The molecule has 2 N–H and O–H groups in total. The lowest BCUT2D eigenvalue weighted by atomic mass is 10.0. The Kier molecular flexibility index (Phi) is 6.53. The largest absolute Gasteiger partial charge is 0.338 e. The molecule has 4 rings (SSSR count). The number of rotatable bonds is 4. The van der Waals surface area contributed by atoms with Gasteiger partial charge >= 0.3 is 6.03 Å². The van der Waals surface area contributed by atoms with Crippen LogP contribution in [0.1, 0.15) is 23.2 Å². The van der Waals surface area contributed by atoms with E-state index in [1.165, 1.54) is 24.4 Å². The Morgan fingerprint density at radius 3 is 2.42 bits per heavy atom. The van der Waals surface area contributed by atoms with Gasteiger partial charge in [0.2, 0.25) is 0 Å². The van der Waals surface area contributed by atoms with E-state index >= 15 is 0 Å². The van der Waals surface area contributed by atoms with Crippen molar-refractivity contribution in [3.8, 4) is 11.1 Å². The molecule has 0 spiro atoms. The van der Waals surface area contributed by atoms with Crippen molar-refractivity contribution >= 4 is 17.6 Å². The maximum absolute atomic E-state index is 13.4. The summed E-state index contributed by atoms with van der Waals surface area (Å²) in [7, 11) is 1.74. The quantitative estimate of drug-likeness (QED) is 0.634. The lowest BCUT2D eigenvalue weighted by Crippen LogP contribution is -2.48. The zero-order valence-electron chi connectivity index (χ0n) is 18.3. The van der Waals surface area contributed by atoms with Crippen LogP contribution in [0.4, 0.5) is 14.9 Å². The normalized spacial score (nSPS) is 14.1. The van der Waals surface area contributed by atoms with Crippen LogP contribution >= 0.6 is 0 Å². The fourth-order valence-corrected chi connectivity index (χ4v) is 4.01. The fraction of sp³-hybridized carbons (Fsp3) is 0.240. The number of amides is 3. The smallest absolute Gasteiger partial charge is 0.321 e. The number of nitrogens with one attached hydrogen (secondary N) is 2. The van der Waals surface area contributed by atoms with E-state index in [0.29, 0.717) is 31.6 Å². The zero-order chi connectivity index (χ0) is 23.4. The Morgan fingerprint density at radius 1 is 1.03 bits per heavy atom. The van der Waals surface area contributed by atoms with Crippen LogP contribution in [-0.2, 0) is 0 Å². The minimum absolute atomic E-state index is 0.0188. The molecule has 0 radical (unpaired) electrons. The van der Waals surface area contributed by atoms with Crippen LogP contribution < -0.4 is 10.9 Å². The Labute approximate surface area is 190 Å². The number of hydrogen-bond acceptors (Lipinski definition) is 3. The highest BCUT2D eigenvalue weighted by molar-refractivity contribution is 5.94. The van der Waals surface area contributed by atoms with Crippen molar-refractivity contribution in [2.45, 2.75) is 18.9 Å². The van der Waals surface area contributed by atoms with E-state index in [0.717, 1.165) is 11.1 Å². The van der Waals surface area contributed by atoms with E-state index in [-0.39, 0.29) is 29.4 Å². The molecule has 1 fully saturated rings. The molecule has 7 nitrogen and oxygen atoms in total. The van der Waals surface area contributed by atoms with Crippen molar-refractivity contribution in [1.29, 1.82) is 0 Å². The number of hydrogen-bond donors (Lipinski definition) is 2. The van der Waals surface area contributed by atoms with Crippen molar-refractivity contribution in [1.82, 2.24) is 14.8 Å². The molecule has 3 aromatic rings. The number of pyridine rings is 1. The highest BCUT2D eigenvalue weighted by Gasteiger charge is 2.28. The fourth-order valence-electron chi connectivity index (χ4n) is 4.01. The van der Waals surface area contributed by atoms with Crippen LogP contribution in [-0.4, -0.2) is 52.9 Å². The van der Waals surface area contributed by atoms with Crippen LogP contribution in [0.5, 0.6) is 0 Å². The standard InChI is InChI=1S/C25H25FN4O3/c1-29(21-11-14-30(15-12-21)24(32)22-6-3-13-27-23(22)31)25(33)28-20-9-7-17(8-10-20)18-4-2-5-19(26)16-18/h2-10,13,16,21H,11-12,14-15H2,1H3,(H,27,31)(H,28,33). The third-order valence-electron chi connectivity index (χ3n) is 5.96. The number of halogens is 1. The van der Waals surface area contributed by atoms with Gasteiger partial charge in [0, 0.05) is 38.1 Å². The number of nitrogens with zero attached hydrogens (tertiary/aromatic N) is 2. The molecule has 0 saturated carbocycles. The summed E-state index contributed by atoms with van der Waals surface area (Å²) in [6.45, 7) is 0.940. The molecule has 0 aliphatic carbocycles. The molecule has 0 unspecified atom stereocenters. The summed E-state index contributed by atoms with van der Waals surface area (Å²) in [4.78, 5) is 43.0. The van der Waals surface area contributed by atoms with Gasteiger partial charge < -0.3 is 20.1 Å². The average Bonchev–Trinajstić information content (AvgIpc) is 2.84. The first-order valence-corrected chi connectivity index (χ1v) is 10.8. The minimum Gasteiger partial charge on any atom is -0.338 e. The molecule has 1 aromatic heterocycles. The maximum atomic E-state index is 13.4. The molecule has 0 bridgehead atoms. The first-order chi connectivity index (χ1) is 15.9. The van der Waals surface area contributed by atoms with Crippen LogP contribution in [0.2, 0.25) is 0 Å². The Balaban J connectivity index is 1.32. The molecule has 2 aromatic carbocycles. The van der Waals surface area contributed by atoms with E-state index in [1.807, 2.05) is 18.2 Å². The molecule has 0 atom stereocenters. The first-order valence-electron chi connectivity index (χ1n) is 10.8. The van der Waals surface area contributed by atoms with Gasteiger partial charge in [-0.1, -0.05) is 24.3 Å². The third-order valence-corrected chi connectivity index (χ3v) is 5.96. The van der Waals surface area contributed by atoms with Gasteiger partial charge in [0.05, 0.1) is 0 Å². The average molecular weight is 448 g/mol. The van der Waals surface area contributed by atoms with Gasteiger partial charge in [-0.3, -0.25) is 9.59 Å². The Bertz CT molecular complexity index is 1200.